The third-order valence-electron chi connectivity index (χ3n) is 5.96. The number of carboxylic acid groups (broad SMARTS) is 1. The number of amides is 1. The Bertz CT molecular complexity index is 956. The Morgan fingerprint density at radius 1 is 1.24 bits per heavy atom. The number of hydrogen-bond acceptors (Lipinski definition) is 6. The van der Waals surface area contributed by atoms with Gasteiger partial charge in [-0.2, -0.15) is 0 Å². The van der Waals surface area contributed by atoms with Crippen LogP contribution in [0.1, 0.15) is 23.3 Å². The molecule has 2 atom stereocenters. The first-order valence-corrected chi connectivity index (χ1v) is 9.39. The average molecular weight is 400 g/mol. The minimum Gasteiger partial charge on any atom is -0.505 e. The molecule has 1 amide bonds. The Morgan fingerprint density at radius 3 is 2.79 bits per heavy atom. The van der Waals surface area contributed by atoms with E-state index in [4.69, 9.17) is 0 Å². The Hall–Kier alpha value is -3.23. The molecule has 2 aromatic rings. The SMILES string of the molecule is O=C(O)CCC12CN(C(=O)c3ncccc3O)CC1CN(c1ccncc1F)C2. The second-order valence-corrected chi connectivity index (χ2v) is 7.72. The molecule has 4 heterocycles. The van der Waals surface area contributed by atoms with Gasteiger partial charge in [0.15, 0.2) is 11.5 Å². The molecule has 2 unspecified atom stereocenters. The summed E-state index contributed by atoms with van der Waals surface area (Å²) in [5.74, 6) is -1.90. The summed E-state index contributed by atoms with van der Waals surface area (Å²) in [6.07, 6.45) is 4.48. The number of halogens is 1. The second-order valence-electron chi connectivity index (χ2n) is 7.72. The Labute approximate surface area is 166 Å². The van der Waals surface area contributed by atoms with Crippen LogP contribution in [0.2, 0.25) is 0 Å². The minimum absolute atomic E-state index is 0.00998. The van der Waals surface area contributed by atoms with Crippen LogP contribution in [0.15, 0.2) is 36.8 Å². The number of nitrogens with zero attached hydrogens (tertiary/aromatic N) is 4. The Morgan fingerprint density at radius 2 is 2.07 bits per heavy atom. The van der Waals surface area contributed by atoms with E-state index < -0.39 is 17.2 Å². The smallest absolute Gasteiger partial charge is 0.303 e. The number of anilines is 1. The highest BCUT2D eigenvalue weighted by atomic mass is 19.1. The quantitative estimate of drug-likeness (QED) is 0.788. The molecular weight excluding hydrogens is 379 g/mol. The van der Waals surface area contributed by atoms with Gasteiger partial charge in [0.25, 0.3) is 5.91 Å². The molecule has 9 heteroatoms. The van der Waals surface area contributed by atoms with Gasteiger partial charge in [0.1, 0.15) is 5.75 Å². The third-order valence-corrected chi connectivity index (χ3v) is 5.96. The molecule has 4 rings (SSSR count). The van der Waals surface area contributed by atoms with Crippen molar-refractivity contribution in [1.29, 1.82) is 0 Å². The minimum atomic E-state index is -0.904. The number of aromatic nitrogens is 2. The highest BCUT2D eigenvalue weighted by Crippen LogP contribution is 2.47. The van der Waals surface area contributed by atoms with Crippen LogP contribution in [-0.2, 0) is 4.79 Å². The van der Waals surface area contributed by atoms with Crippen LogP contribution in [0.3, 0.4) is 0 Å². The topological polar surface area (TPSA) is 107 Å². The number of pyridine rings is 2. The van der Waals surface area contributed by atoms with E-state index in [1.54, 1.807) is 17.0 Å². The summed E-state index contributed by atoms with van der Waals surface area (Å²) in [6, 6.07) is 4.56. The molecule has 2 fully saturated rings. The molecule has 8 nitrogen and oxygen atoms in total. The lowest BCUT2D eigenvalue weighted by Gasteiger charge is -2.29. The lowest BCUT2D eigenvalue weighted by Crippen LogP contribution is -2.37. The number of aliphatic carboxylic acids is 1. The molecule has 2 N–H and O–H groups in total. The molecule has 0 aromatic carbocycles. The van der Waals surface area contributed by atoms with E-state index in [-0.39, 0.29) is 29.7 Å². The number of hydrogen-bond donors (Lipinski definition) is 2. The zero-order chi connectivity index (χ0) is 20.6. The van der Waals surface area contributed by atoms with Gasteiger partial charge < -0.3 is 20.0 Å². The average Bonchev–Trinajstić information content (AvgIpc) is 3.21. The number of carbonyl (C=O) groups excluding carboxylic acids is 1. The van der Waals surface area contributed by atoms with E-state index in [1.807, 2.05) is 4.90 Å². The van der Waals surface area contributed by atoms with Gasteiger partial charge in [-0.25, -0.2) is 9.37 Å². The lowest BCUT2D eigenvalue weighted by atomic mass is 9.77. The molecule has 0 bridgehead atoms. The van der Waals surface area contributed by atoms with Gasteiger partial charge in [0.2, 0.25) is 0 Å². The molecule has 2 aliphatic rings. The maximum Gasteiger partial charge on any atom is 0.303 e. The summed E-state index contributed by atoms with van der Waals surface area (Å²) in [7, 11) is 0. The van der Waals surface area contributed by atoms with Gasteiger partial charge in [0.05, 0.1) is 11.9 Å². The zero-order valence-electron chi connectivity index (χ0n) is 15.7. The van der Waals surface area contributed by atoms with Crippen molar-refractivity contribution in [3.8, 4) is 5.75 Å². The predicted molar refractivity (Wildman–Crippen MR) is 101 cm³/mol. The van der Waals surface area contributed by atoms with Crippen LogP contribution >= 0.6 is 0 Å². The Balaban J connectivity index is 1.59. The van der Waals surface area contributed by atoms with Crippen LogP contribution < -0.4 is 4.90 Å². The van der Waals surface area contributed by atoms with Crippen molar-refractivity contribution in [2.75, 3.05) is 31.1 Å². The van der Waals surface area contributed by atoms with E-state index in [1.165, 1.54) is 18.5 Å². The number of carbonyl (C=O) groups is 2. The van der Waals surface area contributed by atoms with Crippen molar-refractivity contribution in [2.24, 2.45) is 11.3 Å². The van der Waals surface area contributed by atoms with Crippen molar-refractivity contribution >= 4 is 17.6 Å². The summed E-state index contributed by atoms with van der Waals surface area (Å²) in [6.45, 7) is 1.70. The van der Waals surface area contributed by atoms with Crippen LogP contribution in [0.4, 0.5) is 10.1 Å². The number of likely N-dealkylation sites (tertiary alicyclic amines) is 1. The van der Waals surface area contributed by atoms with Crippen molar-refractivity contribution in [1.82, 2.24) is 14.9 Å². The van der Waals surface area contributed by atoms with E-state index in [9.17, 15) is 24.2 Å². The van der Waals surface area contributed by atoms with Gasteiger partial charge in [0, 0.05) is 56.3 Å². The fraction of sp³-hybridized carbons (Fsp3) is 0.400. The molecule has 2 saturated heterocycles. The maximum absolute atomic E-state index is 14.2. The van der Waals surface area contributed by atoms with Gasteiger partial charge in [-0.05, 0) is 24.6 Å². The van der Waals surface area contributed by atoms with E-state index in [2.05, 4.69) is 9.97 Å². The first-order valence-electron chi connectivity index (χ1n) is 9.39. The van der Waals surface area contributed by atoms with E-state index >= 15 is 0 Å². The summed E-state index contributed by atoms with van der Waals surface area (Å²) in [4.78, 5) is 35.4. The first-order chi connectivity index (χ1) is 13.9. The fourth-order valence-electron chi connectivity index (χ4n) is 4.57. The predicted octanol–water partition coefficient (Wildman–Crippen LogP) is 1.76. The van der Waals surface area contributed by atoms with Crippen LogP contribution in [0, 0.1) is 17.2 Å². The fourth-order valence-corrected chi connectivity index (χ4v) is 4.57. The molecule has 0 spiro atoms. The lowest BCUT2D eigenvalue weighted by molar-refractivity contribution is -0.137. The van der Waals surface area contributed by atoms with Crippen LogP contribution in [0.25, 0.3) is 0 Å². The van der Waals surface area contributed by atoms with Gasteiger partial charge in [-0.15, -0.1) is 0 Å². The van der Waals surface area contributed by atoms with Crippen LogP contribution in [0.5, 0.6) is 5.75 Å². The van der Waals surface area contributed by atoms with Gasteiger partial charge in [-0.1, -0.05) is 0 Å². The largest absolute Gasteiger partial charge is 0.505 e. The summed E-state index contributed by atoms with van der Waals surface area (Å²) in [5.41, 5.74) is -0.0454. The maximum atomic E-state index is 14.2. The molecule has 0 saturated carbocycles. The summed E-state index contributed by atoms with van der Waals surface area (Å²) < 4.78 is 14.2. The molecule has 152 valence electrons. The number of aromatic hydroxyl groups is 1. The number of rotatable bonds is 5. The van der Waals surface area contributed by atoms with Crippen molar-refractivity contribution in [3.63, 3.8) is 0 Å². The molecule has 0 aliphatic carbocycles. The standard InChI is InChI=1S/C20H21FN4O4/c21-14-8-22-7-4-15(14)24-9-13-10-25(12-20(13,11-24)5-3-17(27)28)19(29)18-16(26)2-1-6-23-18/h1-2,4,6-8,13,26H,3,5,9-12H2,(H,27,28). The zero-order valence-corrected chi connectivity index (χ0v) is 15.7. The van der Waals surface area contributed by atoms with Crippen LogP contribution in [-0.4, -0.2) is 63.1 Å². The van der Waals surface area contributed by atoms with Crippen molar-refractivity contribution < 1.29 is 24.2 Å². The first kappa shape index (κ1) is 19.1. The molecule has 0 radical (unpaired) electrons. The highest BCUT2D eigenvalue weighted by Gasteiger charge is 2.53. The monoisotopic (exact) mass is 400 g/mol. The number of carboxylic acids is 1. The van der Waals surface area contributed by atoms with Gasteiger partial charge >= 0.3 is 5.97 Å². The summed E-state index contributed by atoms with van der Waals surface area (Å²) >= 11 is 0. The highest BCUT2D eigenvalue weighted by molar-refractivity contribution is 5.95. The third kappa shape index (κ3) is 3.48. The number of fused-ring (bicyclic) bond motifs is 1. The van der Waals surface area contributed by atoms with E-state index in [0.29, 0.717) is 38.3 Å². The molecule has 2 aliphatic heterocycles. The summed E-state index contributed by atoms with van der Waals surface area (Å²) in [5, 5.41) is 19.2. The van der Waals surface area contributed by atoms with E-state index in [0.717, 1.165) is 6.20 Å². The van der Waals surface area contributed by atoms with Gasteiger partial charge in [-0.3, -0.25) is 14.6 Å². The molecule has 29 heavy (non-hydrogen) atoms. The Kier molecular flexibility index (Phi) is 4.81. The molecule has 2 aromatic heterocycles. The normalized spacial score (nSPS) is 23.3. The van der Waals surface area contributed by atoms with Crippen molar-refractivity contribution in [2.45, 2.75) is 12.8 Å². The van der Waals surface area contributed by atoms with Crippen molar-refractivity contribution in [3.05, 3.63) is 48.3 Å². The second kappa shape index (κ2) is 7.31. The molecular formula is C20H21FN4O4.